The zero-order valence-corrected chi connectivity index (χ0v) is 22.1. The van der Waals surface area contributed by atoms with Crippen LogP contribution in [-0.4, -0.2) is 18.9 Å². The van der Waals surface area contributed by atoms with Crippen LogP contribution in [0.15, 0.2) is 36.5 Å². The number of ether oxygens (including phenoxy) is 3. The van der Waals surface area contributed by atoms with Crippen LogP contribution in [-0.2, 0) is 14.2 Å². The summed E-state index contributed by atoms with van der Waals surface area (Å²) in [6.45, 7) is 6.75. The Morgan fingerprint density at radius 2 is 0.667 bits per heavy atom. The Bertz CT molecular complexity index is 419. The summed E-state index contributed by atoms with van der Waals surface area (Å²) >= 11 is 0. The van der Waals surface area contributed by atoms with Crippen molar-refractivity contribution >= 4 is 0 Å². The molecular formula is C30H54O3. The molecule has 1 rings (SSSR count). The summed E-state index contributed by atoms with van der Waals surface area (Å²) in [5.74, 6) is 0. The largest absolute Gasteiger partial charge is 0.324 e. The number of unbranched alkanes of at least 4 members (excludes halogenated alkanes) is 9. The standard InChI is InChI=1S/C30H54O3/c1-4-7-10-13-16-19-22-25-28-31-29(26-23-20-17-14-11-8-5-2)33-30(32-28)27-24-21-18-15-12-9-6-3/h16-21,28-30H,4-15,22-27H2,1-3H3/b19-16+,20-17+,21-18+. The van der Waals surface area contributed by atoms with Gasteiger partial charge in [0.2, 0.25) is 0 Å². The van der Waals surface area contributed by atoms with Crippen molar-refractivity contribution in [1.29, 1.82) is 0 Å². The highest BCUT2D eigenvalue weighted by Gasteiger charge is 2.29. The van der Waals surface area contributed by atoms with Gasteiger partial charge in [0.05, 0.1) is 0 Å². The summed E-state index contributed by atoms with van der Waals surface area (Å²) in [7, 11) is 0. The molecule has 0 N–H and O–H groups in total. The van der Waals surface area contributed by atoms with Gasteiger partial charge < -0.3 is 14.2 Å². The van der Waals surface area contributed by atoms with Gasteiger partial charge in [-0.25, -0.2) is 0 Å². The molecule has 192 valence electrons. The van der Waals surface area contributed by atoms with E-state index in [-0.39, 0.29) is 18.9 Å². The summed E-state index contributed by atoms with van der Waals surface area (Å²) in [4.78, 5) is 0. The lowest BCUT2D eigenvalue weighted by Crippen LogP contribution is -2.40. The molecule has 1 saturated heterocycles. The van der Waals surface area contributed by atoms with E-state index in [0.29, 0.717) is 0 Å². The van der Waals surface area contributed by atoms with Gasteiger partial charge in [-0.3, -0.25) is 0 Å². The predicted molar refractivity (Wildman–Crippen MR) is 142 cm³/mol. The van der Waals surface area contributed by atoms with Gasteiger partial charge in [0.25, 0.3) is 0 Å². The fourth-order valence-electron chi connectivity index (χ4n) is 3.95. The fourth-order valence-corrected chi connectivity index (χ4v) is 3.95. The second kappa shape index (κ2) is 22.9. The van der Waals surface area contributed by atoms with Gasteiger partial charge in [0, 0.05) is 19.3 Å². The molecule has 3 heteroatoms. The zero-order chi connectivity index (χ0) is 23.8. The Kier molecular flexibility index (Phi) is 20.9. The molecule has 0 amide bonds. The SMILES string of the molecule is CCCCC/C=C/CCC1OC(CC/C=C/CCCCC)OC(CC/C=C/CCCCC)O1. The van der Waals surface area contributed by atoms with E-state index in [9.17, 15) is 0 Å². The summed E-state index contributed by atoms with van der Waals surface area (Å²) in [5.41, 5.74) is 0. The fraction of sp³-hybridized carbons (Fsp3) is 0.800. The van der Waals surface area contributed by atoms with Crippen molar-refractivity contribution in [3.8, 4) is 0 Å². The Labute approximate surface area is 206 Å². The van der Waals surface area contributed by atoms with Crippen LogP contribution in [0.2, 0.25) is 0 Å². The molecule has 0 bridgehead atoms. The predicted octanol–water partition coefficient (Wildman–Crippen LogP) is 9.78. The van der Waals surface area contributed by atoms with Crippen LogP contribution in [0.25, 0.3) is 0 Å². The van der Waals surface area contributed by atoms with Crippen LogP contribution in [0.3, 0.4) is 0 Å². The maximum absolute atomic E-state index is 6.15. The number of hydrogen-bond acceptors (Lipinski definition) is 3. The Morgan fingerprint density at radius 1 is 0.394 bits per heavy atom. The molecule has 1 fully saturated rings. The van der Waals surface area contributed by atoms with Gasteiger partial charge in [-0.15, -0.1) is 0 Å². The molecule has 0 radical (unpaired) electrons. The van der Waals surface area contributed by atoms with Crippen molar-refractivity contribution in [3.05, 3.63) is 36.5 Å². The van der Waals surface area contributed by atoms with Crippen molar-refractivity contribution in [1.82, 2.24) is 0 Å². The molecular weight excluding hydrogens is 408 g/mol. The second-order valence-electron chi connectivity index (χ2n) is 9.33. The molecule has 0 aromatic carbocycles. The van der Waals surface area contributed by atoms with Gasteiger partial charge in [0.15, 0.2) is 18.9 Å². The normalized spacial score (nSPS) is 21.7. The van der Waals surface area contributed by atoms with Gasteiger partial charge in [-0.1, -0.05) is 95.8 Å². The third kappa shape index (κ3) is 18.1. The lowest BCUT2D eigenvalue weighted by Gasteiger charge is -2.36. The van der Waals surface area contributed by atoms with E-state index in [1.165, 1.54) is 77.0 Å². The summed E-state index contributed by atoms with van der Waals surface area (Å²) in [6.07, 6.45) is 34.3. The van der Waals surface area contributed by atoms with Crippen molar-refractivity contribution < 1.29 is 14.2 Å². The lowest BCUT2D eigenvalue weighted by atomic mass is 10.1. The molecule has 3 nitrogen and oxygen atoms in total. The lowest BCUT2D eigenvalue weighted by molar-refractivity contribution is -0.385. The topological polar surface area (TPSA) is 27.7 Å². The van der Waals surface area contributed by atoms with Gasteiger partial charge in [-0.2, -0.15) is 0 Å². The first-order valence-corrected chi connectivity index (χ1v) is 14.2. The van der Waals surface area contributed by atoms with E-state index in [1.807, 2.05) is 0 Å². The maximum atomic E-state index is 6.15. The first kappa shape index (κ1) is 30.1. The van der Waals surface area contributed by atoms with Crippen LogP contribution < -0.4 is 0 Å². The van der Waals surface area contributed by atoms with Crippen LogP contribution >= 0.6 is 0 Å². The zero-order valence-electron chi connectivity index (χ0n) is 22.1. The quantitative estimate of drug-likeness (QED) is 0.125. The molecule has 0 saturated carbocycles. The molecule has 0 spiro atoms. The molecule has 0 unspecified atom stereocenters. The van der Waals surface area contributed by atoms with Crippen molar-refractivity contribution in [3.63, 3.8) is 0 Å². The first-order valence-electron chi connectivity index (χ1n) is 14.2. The van der Waals surface area contributed by atoms with Crippen molar-refractivity contribution in [2.45, 2.75) is 155 Å². The smallest absolute Gasteiger partial charge is 0.164 e. The molecule has 1 aliphatic heterocycles. The maximum Gasteiger partial charge on any atom is 0.164 e. The van der Waals surface area contributed by atoms with E-state index in [2.05, 4.69) is 57.2 Å². The summed E-state index contributed by atoms with van der Waals surface area (Å²) < 4.78 is 18.4. The highest BCUT2D eigenvalue weighted by Crippen LogP contribution is 2.25. The number of hydrogen-bond donors (Lipinski definition) is 0. The minimum atomic E-state index is -0.156. The molecule has 0 atom stereocenters. The molecule has 0 aliphatic carbocycles. The second-order valence-corrected chi connectivity index (χ2v) is 9.33. The van der Waals surface area contributed by atoms with Crippen LogP contribution in [0.4, 0.5) is 0 Å². The van der Waals surface area contributed by atoms with Gasteiger partial charge in [-0.05, 0) is 57.8 Å². The average molecular weight is 463 g/mol. The van der Waals surface area contributed by atoms with E-state index in [0.717, 1.165) is 38.5 Å². The Morgan fingerprint density at radius 3 is 0.939 bits per heavy atom. The summed E-state index contributed by atoms with van der Waals surface area (Å²) in [5, 5.41) is 0. The number of rotatable bonds is 21. The Balaban J connectivity index is 2.40. The first-order chi connectivity index (χ1) is 16.3. The van der Waals surface area contributed by atoms with E-state index in [1.54, 1.807) is 0 Å². The average Bonchev–Trinajstić information content (AvgIpc) is 2.82. The Hall–Kier alpha value is -0.900. The summed E-state index contributed by atoms with van der Waals surface area (Å²) in [6, 6.07) is 0. The molecule has 0 aromatic heterocycles. The minimum absolute atomic E-state index is 0.156. The van der Waals surface area contributed by atoms with Crippen molar-refractivity contribution in [2.24, 2.45) is 0 Å². The molecule has 0 aromatic rings. The number of allylic oxidation sites excluding steroid dienone is 6. The monoisotopic (exact) mass is 462 g/mol. The minimum Gasteiger partial charge on any atom is -0.324 e. The molecule has 33 heavy (non-hydrogen) atoms. The van der Waals surface area contributed by atoms with Crippen LogP contribution in [0.1, 0.15) is 136 Å². The third-order valence-corrected chi connectivity index (χ3v) is 6.04. The van der Waals surface area contributed by atoms with E-state index < -0.39 is 0 Å². The van der Waals surface area contributed by atoms with Crippen LogP contribution in [0.5, 0.6) is 0 Å². The molecule has 1 aliphatic rings. The molecule has 1 heterocycles. The van der Waals surface area contributed by atoms with Gasteiger partial charge in [0.1, 0.15) is 0 Å². The van der Waals surface area contributed by atoms with E-state index >= 15 is 0 Å². The van der Waals surface area contributed by atoms with Crippen molar-refractivity contribution in [2.75, 3.05) is 0 Å². The highest BCUT2D eigenvalue weighted by atomic mass is 16.9. The highest BCUT2D eigenvalue weighted by molar-refractivity contribution is 4.84. The van der Waals surface area contributed by atoms with E-state index in [4.69, 9.17) is 14.2 Å². The third-order valence-electron chi connectivity index (χ3n) is 6.04. The van der Waals surface area contributed by atoms with Gasteiger partial charge >= 0.3 is 0 Å². The van der Waals surface area contributed by atoms with Crippen LogP contribution in [0, 0.1) is 0 Å².